The first kappa shape index (κ1) is 35.2. The predicted molar refractivity (Wildman–Crippen MR) is 156 cm³/mol. The van der Waals surface area contributed by atoms with E-state index in [1.54, 1.807) is 0 Å². The molecule has 1 unspecified atom stereocenters. The van der Waals surface area contributed by atoms with Gasteiger partial charge in [0, 0.05) is 47.9 Å². The SMILES string of the molecule is CN.CNC1CCC(OC)CC1.O=Cc1ccc(F)c(F)c1-c1c(Cl)c(F)cc2c1CC(c1ccccc1)O2.OCF. The summed E-state index contributed by atoms with van der Waals surface area (Å²) in [5.41, 5.74) is 5.26. The predicted octanol–water partition coefficient (Wildman–Crippen LogP) is 6.56. The minimum Gasteiger partial charge on any atom is -0.485 e. The number of alkyl halides is 1. The van der Waals surface area contributed by atoms with Crippen LogP contribution in [-0.2, 0) is 11.2 Å². The van der Waals surface area contributed by atoms with Crippen molar-refractivity contribution >= 4 is 17.9 Å². The van der Waals surface area contributed by atoms with Crippen molar-refractivity contribution in [1.82, 2.24) is 5.32 Å². The topological polar surface area (TPSA) is 93.8 Å². The third kappa shape index (κ3) is 8.75. The Bertz CT molecular complexity index is 1260. The lowest BCUT2D eigenvalue weighted by molar-refractivity contribution is 0.0634. The van der Waals surface area contributed by atoms with Gasteiger partial charge in [0.15, 0.2) is 24.8 Å². The van der Waals surface area contributed by atoms with E-state index >= 15 is 0 Å². The summed E-state index contributed by atoms with van der Waals surface area (Å²) in [5, 5.41) is 9.82. The molecule has 1 saturated carbocycles. The highest BCUT2D eigenvalue weighted by Gasteiger charge is 2.32. The van der Waals surface area contributed by atoms with Gasteiger partial charge in [-0.2, -0.15) is 0 Å². The van der Waals surface area contributed by atoms with Crippen molar-refractivity contribution in [1.29, 1.82) is 0 Å². The Morgan fingerprint density at radius 1 is 1.05 bits per heavy atom. The van der Waals surface area contributed by atoms with Gasteiger partial charge in [0.25, 0.3) is 0 Å². The molecule has 3 aromatic carbocycles. The molecule has 0 saturated heterocycles. The summed E-state index contributed by atoms with van der Waals surface area (Å²) < 4.78 is 63.8. The number of ether oxygens (including phenoxy) is 2. The van der Waals surface area contributed by atoms with Crippen LogP contribution in [0.15, 0.2) is 48.5 Å². The van der Waals surface area contributed by atoms with E-state index in [1.807, 2.05) is 44.5 Å². The van der Waals surface area contributed by atoms with Crippen LogP contribution in [0.4, 0.5) is 17.6 Å². The van der Waals surface area contributed by atoms with Gasteiger partial charge >= 0.3 is 0 Å². The van der Waals surface area contributed by atoms with Gasteiger partial charge in [-0.25, -0.2) is 17.6 Å². The zero-order chi connectivity index (χ0) is 31.2. The highest BCUT2D eigenvalue weighted by atomic mass is 35.5. The molecule has 1 heterocycles. The molecule has 3 aromatic rings. The van der Waals surface area contributed by atoms with E-state index < -0.39 is 30.4 Å². The highest BCUT2D eigenvalue weighted by Crippen LogP contribution is 2.47. The number of aliphatic hydroxyl groups is 1. The summed E-state index contributed by atoms with van der Waals surface area (Å²) in [4.78, 5) is 11.4. The van der Waals surface area contributed by atoms with Crippen LogP contribution < -0.4 is 15.8 Å². The number of rotatable bonds is 5. The highest BCUT2D eigenvalue weighted by molar-refractivity contribution is 6.34. The molecule has 1 atom stereocenters. The number of fused-ring (bicyclic) bond motifs is 1. The summed E-state index contributed by atoms with van der Waals surface area (Å²) in [7, 11) is 5.35. The minimum atomic E-state index is -1.25. The quantitative estimate of drug-likeness (QED) is 0.223. The first-order chi connectivity index (χ1) is 20.3. The molecule has 5 rings (SSSR count). The lowest BCUT2D eigenvalue weighted by Gasteiger charge is -2.26. The van der Waals surface area contributed by atoms with Crippen LogP contribution in [0.2, 0.25) is 5.02 Å². The molecule has 1 aliphatic carbocycles. The standard InChI is InChI=1S/C21H12ClF3O2.C8H17NO.CH3FO.CH5N/c22-20-15(24)9-17-13(8-16(27-17)11-4-2-1-3-5-11)19(20)18-12(10-26)6-7-14(23)21(18)25;1-9-7-3-5-8(10-2)6-4-7;2-1-3;1-2/h1-7,9-10,16H,8H2;7-9H,3-6H2,1-2H3;3H,1H2;2H2,1H3. The average Bonchev–Trinajstić information content (AvgIpc) is 3.45. The smallest absolute Gasteiger partial charge is 0.185 e. The summed E-state index contributed by atoms with van der Waals surface area (Å²) in [6.45, 7) is -1.25. The number of aliphatic hydroxyl groups excluding tert-OH is 1. The monoisotopic (exact) mass is 612 g/mol. The Morgan fingerprint density at radius 2 is 1.67 bits per heavy atom. The van der Waals surface area contributed by atoms with E-state index in [2.05, 4.69) is 11.1 Å². The fourth-order valence-corrected chi connectivity index (χ4v) is 5.21. The van der Waals surface area contributed by atoms with Crippen LogP contribution in [0, 0.1) is 17.5 Å². The number of aldehydes is 1. The van der Waals surface area contributed by atoms with Crippen molar-refractivity contribution in [2.24, 2.45) is 5.73 Å². The van der Waals surface area contributed by atoms with E-state index in [-0.39, 0.29) is 33.9 Å². The number of methoxy groups -OCH3 is 1. The van der Waals surface area contributed by atoms with E-state index in [4.69, 9.17) is 26.2 Å². The third-order valence-corrected chi connectivity index (χ3v) is 7.41. The molecule has 1 fully saturated rings. The number of nitrogens with one attached hydrogen (secondary N) is 1. The second-order valence-corrected chi connectivity index (χ2v) is 9.68. The van der Waals surface area contributed by atoms with E-state index in [0.29, 0.717) is 18.0 Å². The van der Waals surface area contributed by atoms with Gasteiger partial charge in [-0.15, -0.1) is 0 Å². The molecule has 6 nitrogen and oxygen atoms in total. The molecule has 230 valence electrons. The molecule has 42 heavy (non-hydrogen) atoms. The summed E-state index contributed by atoms with van der Waals surface area (Å²) in [5.74, 6) is -3.04. The van der Waals surface area contributed by atoms with Crippen molar-refractivity contribution in [3.8, 4) is 16.9 Å². The summed E-state index contributed by atoms with van der Waals surface area (Å²) in [6.07, 6.45) is 5.77. The number of benzene rings is 3. The number of halogens is 5. The van der Waals surface area contributed by atoms with Gasteiger partial charge in [0.2, 0.25) is 0 Å². The van der Waals surface area contributed by atoms with Gasteiger partial charge < -0.3 is 25.6 Å². The second kappa shape index (κ2) is 17.8. The molecule has 0 amide bonds. The summed E-state index contributed by atoms with van der Waals surface area (Å²) in [6, 6.07) is 13.1. The van der Waals surface area contributed by atoms with Crippen molar-refractivity contribution in [2.75, 3.05) is 28.1 Å². The Kier molecular flexibility index (Phi) is 14.9. The lowest BCUT2D eigenvalue weighted by Crippen LogP contribution is -2.32. The maximum Gasteiger partial charge on any atom is 0.185 e. The minimum absolute atomic E-state index is 0.0517. The van der Waals surface area contributed by atoms with Crippen LogP contribution >= 0.6 is 11.6 Å². The Morgan fingerprint density at radius 3 is 2.21 bits per heavy atom. The van der Waals surface area contributed by atoms with Crippen molar-refractivity contribution in [3.05, 3.63) is 87.7 Å². The average molecular weight is 613 g/mol. The van der Waals surface area contributed by atoms with Crippen LogP contribution in [0.1, 0.15) is 53.3 Å². The van der Waals surface area contributed by atoms with E-state index in [1.165, 1.54) is 32.7 Å². The number of hydrogen-bond acceptors (Lipinski definition) is 6. The molecular weight excluding hydrogens is 576 g/mol. The van der Waals surface area contributed by atoms with E-state index in [0.717, 1.165) is 29.8 Å². The molecule has 0 bridgehead atoms. The fourth-order valence-electron chi connectivity index (χ4n) is 4.95. The molecule has 1 aliphatic heterocycles. The largest absolute Gasteiger partial charge is 0.485 e. The first-order valence-electron chi connectivity index (χ1n) is 13.4. The van der Waals surface area contributed by atoms with Crippen LogP contribution in [0.25, 0.3) is 11.1 Å². The number of hydrogen-bond donors (Lipinski definition) is 3. The van der Waals surface area contributed by atoms with Crippen molar-refractivity contribution in [3.63, 3.8) is 0 Å². The van der Waals surface area contributed by atoms with Crippen LogP contribution in [0.3, 0.4) is 0 Å². The molecule has 2 aliphatic rings. The first-order valence-corrected chi connectivity index (χ1v) is 13.8. The Hall–Kier alpha value is -3.02. The molecule has 4 N–H and O–H groups in total. The van der Waals surface area contributed by atoms with Crippen molar-refractivity contribution < 1.29 is 36.9 Å². The van der Waals surface area contributed by atoms with Crippen LogP contribution in [0.5, 0.6) is 5.75 Å². The van der Waals surface area contributed by atoms with Gasteiger partial charge in [0.1, 0.15) is 17.7 Å². The molecule has 0 aromatic heterocycles. The van der Waals surface area contributed by atoms with Gasteiger partial charge in [0.05, 0.1) is 11.1 Å². The molecule has 11 heteroatoms. The molecule has 0 spiro atoms. The van der Waals surface area contributed by atoms with Gasteiger partial charge in [-0.05, 0) is 57.5 Å². The van der Waals surface area contributed by atoms with Crippen LogP contribution in [-0.4, -0.2) is 51.6 Å². The number of carbonyl (C=O) groups excluding carboxylic acids is 1. The van der Waals surface area contributed by atoms with Crippen molar-refractivity contribution in [2.45, 2.75) is 50.4 Å². The zero-order valence-electron chi connectivity index (χ0n) is 23.8. The molecule has 0 radical (unpaired) electrons. The van der Waals surface area contributed by atoms with E-state index in [9.17, 15) is 22.4 Å². The number of nitrogens with two attached hydrogens (primary N) is 1. The van der Waals surface area contributed by atoms with Gasteiger partial charge in [-0.3, -0.25) is 4.79 Å². The third-order valence-electron chi connectivity index (χ3n) is 7.04. The maximum absolute atomic E-state index is 14.6. The zero-order valence-corrected chi connectivity index (χ0v) is 24.6. The lowest BCUT2D eigenvalue weighted by atomic mass is 9.91. The Balaban J connectivity index is 0.000000342. The maximum atomic E-state index is 14.6. The van der Waals surface area contributed by atoms with Gasteiger partial charge in [-0.1, -0.05) is 41.9 Å². The molecular formula is C31H37ClF4N2O4. The number of carbonyl (C=O) groups is 1. The second-order valence-electron chi connectivity index (χ2n) is 9.31. The normalized spacial score (nSPS) is 18.6. The Labute approximate surface area is 248 Å². The fraction of sp³-hybridized carbons (Fsp3) is 0.387. The summed E-state index contributed by atoms with van der Waals surface area (Å²) >= 11 is 6.12.